The van der Waals surface area contributed by atoms with Gasteiger partial charge in [-0.25, -0.2) is 0 Å². The number of pyridine rings is 1. The van der Waals surface area contributed by atoms with Crippen LogP contribution in [0.15, 0.2) is 29.4 Å². The smallest absolute Gasteiger partial charge is 0.191 e. The fourth-order valence-corrected chi connectivity index (χ4v) is 2.39. The molecule has 1 heterocycles. The summed E-state index contributed by atoms with van der Waals surface area (Å²) in [6, 6.07) is 7.29. The summed E-state index contributed by atoms with van der Waals surface area (Å²) in [5.74, 6) is 0.898. The van der Waals surface area contributed by atoms with Crippen LogP contribution in [0.25, 0.3) is 0 Å². The number of halogens is 1. The van der Waals surface area contributed by atoms with Gasteiger partial charge in [0.25, 0.3) is 0 Å². The first-order valence-corrected chi connectivity index (χ1v) is 8.34. The van der Waals surface area contributed by atoms with Gasteiger partial charge in [0.1, 0.15) is 0 Å². The zero-order valence-electron chi connectivity index (χ0n) is 14.5. The minimum absolute atomic E-state index is 0. The molecule has 1 unspecified atom stereocenters. The van der Waals surface area contributed by atoms with Crippen molar-refractivity contribution in [3.63, 3.8) is 0 Å². The monoisotopic (exact) mass is 431 g/mol. The molecule has 2 N–H and O–H groups in total. The number of guanidine groups is 1. The highest BCUT2D eigenvalue weighted by molar-refractivity contribution is 14.0. The molecule has 0 saturated heterocycles. The van der Waals surface area contributed by atoms with Crippen molar-refractivity contribution in [3.05, 3.63) is 30.1 Å². The molecule has 1 aromatic heterocycles. The van der Waals surface area contributed by atoms with Crippen LogP contribution in [0.5, 0.6) is 0 Å². The second-order valence-corrected chi connectivity index (χ2v) is 5.96. The number of nitrogens with zero attached hydrogens (tertiary/aromatic N) is 3. The van der Waals surface area contributed by atoms with Gasteiger partial charge in [-0.05, 0) is 45.9 Å². The van der Waals surface area contributed by atoms with E-state index in [0.717, 1.165) is 43.8 Å². The minimum Gasteiger partial charge on any atom is -0.357 e. The Balaban J connectivity index is 0.00000264. The van der Waals surface area contributed by atoms with Crippen molar-refractivity contribution in [1.82, 2.24) is 20.5 Å². The lowest BCUT2D eigenvalue weighted by Crippen LogP contribution is -2.40. The molecule has 1 aliphatic carbocycles. The Morgan fingerprint density at radius 2 is 2.17 bits per heavy atom. The molecule has 23 heavy (non-hydrogen) atoms. The number of aromatic nitrogens is 1. The van der Waals surface area contributed by atoms with Crippen LogP contribution in [-0.4, -0.2) is 54.6 Å². The van der Waals surface area contributed by atoms with Crippen molar-refractivity contribution < 1.29 is 0 Å². The third kappa shape index (κ3) is 7.48. The Hall–Kier alpha value is -0.890. The molecular formula is C17H30IN5. The van der Waals surface area contributed by atoms with E-state index in [-0.39, 0.29) is 24.0 Å². The van der Waals surface area contributed by atoms with Crippen LogP contribution in [0.3, 0.4) is 0 Å². The number of rotatable bonds is 8. The van der Waals surface area contributed by atoms with Crippen LogP contribution in [0.1, 0.15) is 32.4 Å². The Labute approximate surface area is 157 Å². The topological polar surface area (TPSA) is 52.6 Å². The zero-order valence-corrected chi connectivity index (χ0v) is 16.8. The Bertz CT molecular complexity index is 461. The summed E-state index contributed by atoms with van der Waals surface area (Å²) < 4.78 is 0. The molecule has 5 nitrogen and oxygen atoms in total. The molecule has 0 aromatic carbocycles. The van der Waals surface area contributed by atoms with Gasteiger partial charge >= 0.3 is 0 Å². The van der Waals surface area contributed by atoms with Crippen LogP contribution in [-0.2, 0) is 6.42 Å². The Morgan fingerprint density at radius 3 is 2.78 bits per heavy atom. The second kappa shape index (κ2) is 10.8. The summed E-state index contributed by atoms with van der Waals surface area (Å²) in [5.41, 5.74) is 1.10. The molecule has 1 fully saturated rings. The Morgan fingerprint density at radius 1 is 1.39 bits per heavy atom. The normalized spacial score (nSPS) is 15.9. The quantitative estimate of drug-likeness (QED) is 0.377. The average Bonchev–Trinajstić information content (AvgIpc) is 3.37. The van der Waals surface area contributed by atoms with Crippen molar-refractivity contribution in [1.29, 1.82) is 0 Å². The van der Waals surface area contributed by atoms with E-state index in [1.54, 1.807) is 0 Å². The van der Waals surface area contributed by atoms with Gasteiger partial charge in [-0.1, -0.05) is 6.07 Å². The highest BCUT2D eigenvalue weighted by atomic mass is 127. The first-order chi connectivity index (χ1) is 10.7. The van der Waals surface area contributed by atoms with Gasteiger partial charge in [0.05, 0.1) is 6.54 Å². The lowest BCUT2D eigenvalue weighted by Gasteiger charge is -2.23. The van der Waals surface area contributed by atoms with Crippen molar-refractivity contribution >= 4 is 29.9 Å². The van der Waals surface area contributed by atoms with E-state index in [9.17, 15) is 0 Å². The molecule has 1 aromatic rings. The minimum atomic E-state index is 0. The van der Waals surface area contributed by atoms with Crippen LogP contribution < -0.4 is 10.6 Å². The van der Waals surface area contributed by atoms with E-state index in [1.165, 1.54) is 12.8 Å². The van der Waals surface area contributed by atoms with E-state index >= 15 is 0 Å². The maximum atomic E-state index is 4.71. The molecule has 0 spiro atoms. The molecule has 1 saturated carbocycles. The molecule has 1 atom stereocenters. The van der Waals surface area contributed by atoms with Gasteiger partial charge in [0, 0.05) is 43.5 Å². The summed E-state index contributed by atoms with van der Waals surface area (Å²) in [7, 11) is 2.21. The lowest BCUT2D eigenvalue weighted by molar-refractivity contribution is 0.253. The number of hydrogen-bond acceptors (Lipinski definition) is 3. The average molecular weight is 431 g/mol. The molecule has 0 aliphatic heterocycles. The van der Waals surface area contributed by atoms with E-state index < -0.39 is 0 Å². The molecular weight excluding hydrogens is 401 g/mol. The van der Waals surface area contributed by atoms with Gasteiger partial charge in [0.15, 0.2) is 5.96 Å². The maximum absolute atomic E-state index is 4.71. The number of likely N-dealkylation sites (N-methyl/N-ethyl adjacent to an activating group) is 1. The lowest BCUT2D eigenvalue weighted by atomic mass is 10.3. The molecule has 0 amide bonds. The van der Waals surface area contributed by atoms with Gasteiger partial charge in [-0.2, -0.15) is 0 Å². The highest BCUT2D eigenvalue weighted by Gasteiger charge is 2.28. The first kappa shape index (κ1) is 20.2. The molecule has 2 rings (SSSR count). The number of nitrogens with one attached hydrogen (secondary N) is 2. The largest absolute Gasteiger partial charge is 0.357 e. The number of aliphatic imine (C=N–C) groups is 1. The van der Waals surface area contributed by atoms with Crippen LogP contribution in [0, 0.1) is 0 Å². The maximum Gasteiger partial charge on any atom is 0.191 e. The van der Waals surface area contributed by atoms with Crippen molar-refractivity contribution in [2.45, 2.75) is 45.2 Å². The highest BCUT2D eigenvalue weighted by Crippen LogP contribution is 2.26. The summed E-state index contributed by atoms with van der Waals surface area (Å²) in [6.45, 7) is 6.89. The third-order valence-corrected chi connectivity index (χ3v) is 4.08. The summed E-state index contributed by atoms with van der Waals surface area (Å²) in [5, 5.41) is 6.70. The van der Waals surface area contributed by atoms with Gasteiger partial charge in [-0.15, -0.1) is 24.0 Å². The Kier molecular flexibility index (Phi) is 9.47. The predicted molar refractivity (Wildman–Crippen MR) is 108 cm³/mol. The van der Waals surface area contributed by atoms with Gasteiger partial charge in [0.2, 0.25) is 0 Å². The van der Waals surface area contributed by atoms with Crippen molar-refractivity contribution in [2.24, 2.45) is 4.99 Å². The second-order valence-electron chi connectivity index (χ2n) is 5.96. The first-order valence-electron chi connectivity index (χ1n) is 8.34. The van der Waals surface area contributed by atoms with E-state index in [2.05, 4.69) is 47.5 Å². The number of hydrogen-bond donors (Lipinski definition) is 2. The summed E-state index contributed by atoms with van der Waals surface area (Å²) in [4.78, 5) is 11.5. The SMILES string of the molecule is CCNC(=NCC(C)N(C)C1CC1)NCCc1ccccn1.I. The predicted octanol–water partition coefficient (Wildman–Crippen LogP) is 2.28. The van der Waals surface area contributed by atoms with Crippen molar-refractivity contribution in [2.75, 3.05) is 26.7 Å². The van der Waals surface area contributed by atoms with Gasteiger partial charge in [-0.3, -0.25) is 14.9 Å². The molecule has 6 heteroatoms. The molecule has 0 radical (unpaired) electrons. The fraction of sp³-hybridized carbons (Fsp3) is 0.647. The van der Waals surface area contributed by atoms with E-state index in [1.807, 2.05) is 18.3 Å². The molecule has 130 valence electrons. The van der Waals surface area contributed by atoms with E-state index in [0.29, 0.717) is 6.04 Å². The standard InChI is InChI=1S/C17H29N5.HI/c1-4-18-17(20-12-10-15-7-5-6-11-19-15)21-13-14(2)22(3)16-8-9-16;/h5-7,11,14,16H,4,8-10,12-13H2,1-3H3,(H2,18,20,21);1H. The van der Waals surface area contributed by atoms with Crippen molar-refractivity contribution in [3.8, 4) is 0 Å². The molecule has 1 aliphatic rings. The fourth-order valence-electron chi connectivity index (χ4n) is 2.39. The molecule has 0 bridgehead atoms. The van der Waals surface area contributed by atoms with Crippen LogP contribution in [0.4, 0.5) is 0 Å². The van der Waals surface area contributed by atoms with Crippen LogP contribution in [0.2, 0.25) is 0 Å². The summed E-state index contributed by atoms with van der Waals surface area (Å²) >= 11 is 0. The van der Waals surface area contributed by atoms with E-state index in [4.69, 9.17) is 4.99 Å². The zero-order chi connectivity index (χ0) is 15.8. The van der Waals surface area contributed by atoms with Gasteiger partial charge < -0.3 is 10.6 Å². The van der Waals surface area contributed by atoms with Crippen LogP contribution >= 0.6 is 24.0 Å². The summed E-state index contributed by atoms with van der Waals surface area (Å²) in [6.07, 6.45) is 5.42. The third-order valence-electron chi connectivity index (χ3n) is 4.08.